The summed E-state index contributed by atoms with van der Waals surface area (Å²) in [6, 6.07) is 16.0. The predicted octanol–water partition coefficient (Wildman–Crippen LogP) is 4.34. The number of carbonyl (C=O) groups is 1. The number of aryl methyl sites for hydroxylation is 1. The number of nitrogens with zero attached hydrogens (tertiary/aromatic N) is 3. The lowest BCUT2D eigenvalue weighted by Gasteiger charge is -2.13. The van der Waals surface area contributed by atoms with Gasteiger partial charge in [0, 0.05) is 17.9 Å². The van der Waals surface area contributed by atoms with Crippen molar-refractivity contribution in [1.29, 1.82) is 0 Å². The van der Waals surface area contributed by atoms with Gasteiger partial charge < -0.3 is 9.88 Å². The molecule has 0 aliphatic rings. The quantitative estimate of drug-likeness (QED) is 0.531. The fraction of sp³-hybridized carbons (Fsp3) is 0.318. The summed E-state index contributed by atoms with van der Waals surface area (Å²) in [5.41, 5.74) is 1.58. The molecule has 1 heterocycles. The molecule has 0 fully saturated rings. The van der Waals surface area contributed by atoms with Crippen LogP contribution in [0.4, 0.5) is 4.39 Å². The molecule has 29 heavy (non-hydrogen) atoms. The topological polar surface area (TPSA) is 59.8 Å². The minimum absolute atomic E-state index is 0.244. The summed E-state index contributed by atoms with van der Waals surface area (Å²) in [4.78, 5) is 12.3. The number of carbonyl (C=O) groups excluding carboxylic acids is 1. The maximum Gasteiger partial charge on any atom is 0.251 e. The van der Waals surface area contributed by atoms with E-state index in [-0.39, 0.29) is 18.0 Å². The number of amides is 1. The van der Waals surface area contributed by atoms with Crippen molar-refractivity contribution in [2.24, 2.45) is 5.92 Å². The maximum atomic E-state index is 13.3. The van der Waals surface area contributed by atoms with E-state index in [1.165, 1.54) is 23.8 Å². The van der Waals surface area contributed by atoms with Crippen LogP contribution in [-0.4, -0.2) is 26.4 Å². The van der Waals surface area contributed by atoms with Crippen molar-refractivity contribution in [2.75, 3.05) is 5.75 Å². The van der Waals surface area contributed by atoms with E-state index in [4.69, 9.17) is 0 Å². The van der Waals surface area contributed by atoms with Gasteiger partial charge in [-0.3, -0.25) is 4.79 Å². The van der Waals surface area contributed by atoms with Crippen LogP contribution in [0.2, 0.25) is 0 Å². The second-order valence-corrected chi connectivity index (χ2v) is 8.24. The molecule has 0 saturated carbocycles. The summed E-state index contributed by atoms with van der Waals surface area (Å²) >= 11 is 1.66. The summed E-state index contributed by atoms with van der Waals surface area (Å²) in [6.07, 6.45) is 0.950. The molecule has 0 spiro atoms. The normalized spacial score (nSPS) is 11.0. The Kier molecular flexibility index (Phi) is 7.41. The molecule has 0 aliphatic heterocycles. The van der Waals surface area contributed by atoms with Gasteiger partial charge in [-0.2, -0.15) is 0 Å². The lowest BCUT2D eigenvalue weighted by atomic mass is 10.2. The van der Waals surface area contributed by atoms with E-state index in [0.29, 0.717) is 11.7 Å². The highest BCUT2D eigenvalue weighted by molar-refractivity contribution is 7.99. The van der Waals surface area contributed by atoms with Crippen molar-refractivity contribution in [3.8, 4) is 0 Å². The van der Waals surface area contributed by atoms with Gasteiger partial charge in [0.2, 0.25) is 0 Å². The molecule has 0 bridgehead atoms. The van der Waals surface area contributed by atoms with E-state index in [0.717, 1.165) is 23.9 Å². The standard InChI is InChI=1S/C22H25FN4OS/c1-16(2)15-27-20(14-24-21(28)18-9-6-10-19(23)13-18)25-26-22(27)29-12-11-17-7-4-3-5-8-17/h3-10,13,16H,11-12,14-15H2,1-2H3,(H,24,28). The lowest BCUT2D eigenvalue weighted by Crippen LogP contribution is -2.25. The molecule has 1 aromatic heterocycles. The van der Waals surface area contributed by atoms with E-state index in [1.54, 1.807) is 17.8 Å². The van der Waals surface area contributed by atoms with Gasteiger partial charge in [0.1, 0.15) is 5.82 Å². The third-order valence-corrected chi connectivity index (χ3v) is 5.27. The fourth-order valence-corrected chi connectivity index (χ4v) is 3.86. The molecule has 5 nitrogen and oxygen atoms in total. The summed E-state index contributed by atoms with van der Waals surface area (Å²) in [5.74, 6) is 1.25. The minimum Gasteiger partial charge on any atom is -0.345 e. The van der Waals surface area contributed by atoms with Crippen molar-refractivity contribution in [3.05, 3.63) is 77.4 Å². The number of hydrogen-bond acceptors (Lipinski definition) is 4. The molecule has 0 aliphatic carbocycles. The van der Waals surface area contributed by atoms with E-state index in [1.807, 2.05) is 18.2 Å². The first-order valence-electron chi connectivity index (χ1n) is 9.65. The number of hydrogen-bond donors (Lipinski definition) is 1. The van der Waals surface area contributed by atoms with Crippen molar-refractivity contribution < 1.29 is 9.18 Å². The number of halogens is 1. The van der Waals surface area contributed by atoms with Crippen LogP contribution in [0.15, 0.2) is 59.8 Å². The van der Waals surface area contributed by atoms with Crippen LogP contribution >= 0.6 is 11.8 Å². The van der Waals surface area contributed by atoms with Gasteiger partial charge in [-0.25, -0.2) is 4.39 Å². The largest absolute Gasteiger partial charge is 0.345 e. The fourth-order valence-electron chi connectivity index (χ4n) is 2.90. The molecule has 0 saturated heterocycles. The Balaban J connectivity index is 1.64. The molecule has 152 valence electrons. The summed E-state index contributed by atoms with van der Waals surface area (Å²) in [7, 11) is 0. The van der Waals surface area contributed by atoms with E-state index >= 15 is 0 Å². The van der Waals surface area contributed by atoms with E-state index < -0.39 is 5.82 Å². The average molecular weight is 413 g/mol. The summed E-state index contributed by atoms with van der Waals surface area (Å²) in [5, 5.41) is 12.3. The Morgan fingerprint density at radius 2 is 1.93 bits per heavy atom. The van der Waals surface area contributed by atoms with Crippen LogP contribution in [-0.2, 0) is 19.5 Å². The van der Waals surface area contributed by atoms with Gasteiger partial charge >= 0.3 is 0 Å². The van der Waals surface area contributed by atoms with Gasteiger partial charge in [-0.15, -0.1) is 10.2 Å². The molecule has 3 rings (SSSR count). The zero-order valence-electron chi connectivity index (χ0n) is 16.6. The van der Waals surface area contributed by atoms with E-state index in [2.05, 4.69) is 46.1 Å². The predicted molar refractivity (Wildman–Crippen MR) is 113 cm³/mol. The monoisotopic (exact) mass is 412 g/mol. The first-order valence-corrected chi connectivity index (χ1v) is 10.6. The molecule has 1 N–H and O–H groups in total. The molecule has 0 atom stereocenters. The second-order valence-electron chi connectivity index (χ2n) is 7.18. The highest BCUT2D eigenvalue weighted by atomic mass is 32.2. The van der Waals surface area contributed by atoms with Gasteiger partial charge in [-0.1, -0.05) is 62.0 Å². The zero-order chi connectivity index (χ0) is 20.6. The van der Waals surface area contributed by atoms with Crippen LogP contribution in [0, 0.1) is 11.7 Å². The molecule has 1 amide bonds. The average Bonchev–Trinajstić information content (AvgIpc) is 3.08. The molecular weight excluding hydrogens is 387 g/mol. The third-order valence-electron chi connectivity index (χ3n) is 4.30. The summed E-state index contributed by atoms with van der Waals surface area (Å²) in [6.45, 7) is 5.28. The second kappa shape index (κ2) is 10.2. The molecular formula is C22H25FN4OS. The SMILES string of the molecule is CC(C)Cn1c(CNC(=O)c2cccc(F)c2)nnc1SCCc1ccccc1. The highest BCUT2D eigenvalue weighted by Crippen LogP contribution is 2.20. The van der Waals surface area contributed by atoms with Crippen molar-refractivity contribution in [3.63, 3.8) is 0 Å². The van der Waals surface area contributed by atoms with Crippen LogP contribution < -0.4 is 5.32 Å². The van der Waals surface area contributed by atoms with Crippen molar-refractivity contribution >= 4 is 17.7 Å². The third kappa shape index (κ3) is 6.15. The first kappa shape index (κ1) is 21.0. The highest BCUT2D eigenvalue weighted by Gasteiger charge is 2.15. The number of aromatic nitrogens is 3. The Morgan fingerprint density at radius 1 is 1.14 bits per heavy atom. The van der Waals surface area contributed by atoms with Gasteiger partial charge in [0.05, 0.1) is 6.54 Å². The van der Waals surface area contributed by atoms with Crippen LogP contribution in [0.5, 0.6) is 0 Å². The van der Waals surface area contributed by atoms with Gasteiger partial charge in [0.25, 0.3) is 5.91 Å². The molecule has 3 aromatic rings. The summed E-state index contributed by atoms with van der Waals surface area (Å²) < 4.78 is 15.4. The maximum absolute atomic E-state index is 13.3. The number of benzene rings is 2. The number of nitrogens with one attached hydrogen (secondary N) is 1. The number of rotatable bonds is 9. The number of thioether (sulfide) groups is 1. The van der Waals surface area contributed by atoms with Crippen LogP contribution in [0.1, 0.15) is 35.6 Å². The van der Waals surface area contributed by atoms with Crippen LogP contribution in [0.3, 0.4) is 0 Å². The molecule has 0 radical (unpaired) electrons. The molecule has 0 unspecified atom stereocenters. The first-order chi connectivity index (χ1) is 14.0. The van der Waals surface area contributed by atoms with Crippen molar-refractivity contribution in [1.82, 2.24) is 20.1 Å². The van der Waals surface area contributed by atoms with Crippen molar-refractivity contribution in [2.45, 2.75) is 38.5 Å². The smallest absolute Gasteiger partial charge is 0.251 e. The Bertz CT molecular complexity index is 943. The molecule has 7 heteroatoms. The Morgan fingerprint density at radius 3 is 2.66 bits per heavy atom. The molecule has 2 aromatic carbocycles. The van der Waals surface area contributed by atoms with Gasteiger partial charge in [-0.05, 0) is 36.1 Å². The van der Waals surface area contributed by atoms with Gasteiger partial charge in [0.15, 0.2) is 11.0 Å². The van der Waals surface area contributed by atoms with E-state index in [9.17, 15) is 9.18 Å². The van der Waals surface area contributed by atoms with Crippen LogP contribution in [0.25, 0.3) is 0 Å². The lowest BCUT2D eigenvalue weighted by molar-refractivity contribution is 0.0949. The zero-order valence-corrected chi connectivity index (χ0v) is 17.5. The Labute approximate surface area is 174 Å². The Hall–Kier alpha value is -2.67. The minimum atomic E-state index is -0.433.